The SMILES string of the molecule is CCCCNCc1c(-c2ccc(O)cc2OC)oc2cc(OC)cc(O)c12. The van der Waals surface area contributed by atoms with E-state index >= 15 is 0 Å². The molecule has 27 heavy (non-hydrogen) atoms. The van der Waals surface area contributed by atoms with Gasteiger partial charge in [0.2, 0.25) is 0 Å². The van der Waals surface area contributed by atoms with E-state index in [0.717, 1.165) is 24.9 Å². The van der Waals surface area contributed by atoms with Crippen LogP contribution in [-0.2, 0) is 6.54 Å². The van der Waals surface area contributed by atoms with Crippen LogP contribution in [0.5, 0.6) is 23.0 Å². The Morgan fingerprint density at radius 1 is 1.07 bits per heavy atom. The van der Waals surface area contributed by atoms with Crippen molar-refractivity contribution in [3.8, 4) is 34.3 Å². The maximum atomic E-state index is 10.6. The van der Waals surface area contributed by atoms with E-state index in [4.69, 9.17) is 13.9 Å². The molecule has 3 N–H and O–H groups in total. The van der Waals surface area contributed by atoms with E-state index < -0.39 is 0 Å². The average molecular weight is 371 g/mol. The second-order valence-corrected chi connectivity index (χ2v) is 6.34. The van der Waals surface area contributed by atoms with E-state index in [1.807, 2.05) is 0 Å². The molecule has 0 aliphatic heterocycles. The molecular weight excluding hydrogens is 346 g/mol. The van der Waals surface area contributed by atoms with Crippen LogP contribution < -0.4 is 14.8 Å². The highest BCUT2D eigenvalue weighted by Gasteiger charge is 2.22. The van der Waals surface area contributed by atoms with Gasteiger partial charge in [-0.25, -0.2) is 0 Å². The lowest BCUT2D eigenvalue weighted by Gasteiger charge is -2.10. The maximum Gasteiger partial charge on any atom is 0.143 e. The number of rotatable bonds is 8. The Kier molecular flexibility index (Phi) is 5.76. The number of nitrogens with one attached hydrogen (secondary N) is 1. The van der Waals surface area contributed by atoms with Gasteiger partial charge in [0.25, 0.3) is 0 Å². The normalized spacial score (nSPS) is 11.1. The number of methoxy groups -OCH3 is 2. The van der Waals surface area contributed by atoms with Crippen LogP contribution in [0.1, 0.15) is 25.3 Å². The maximum absolute atomic E-state index is 10.6. The van der Waals surface area contributed by atoms with Gasteiger partial charge in [-0.1, -0.05) is 13.3 Å². The first-order valence-corrected chi connectivity index (χ1v) is 8.99. The topological polar surface area (TPSA) is 84.1 Å². The van der Waals surface area contributed by atoms with E-state index in [0.29, 0.717) is 40.3 Å². The largest absolute Gasteiger partial charge is 0.508 e. The Balaban J connectivity index is 2.16. The molecule has 6 heteroatoms. The number of unbranched alkanes of at least 4 members (excludes halogenated alkanes) is 1. The molecule has 0 bridgehead atoms. The fourth-order valence-electron chi connectivity index (χ4n) is 3.13. The minimum Gasteiger partial charge on any atom is -0.508 e. The van der Waals surface area contributed by atoms with Gasteiger partial charge in [-0.15, -0.1) is 0 Å². The highest BCUT2D eigenvalue weighted by Crippen LogP contribution is 2.43. The second kappa shape index (κ2) is 8.22. The first kappa shape index (κ1) is 18.9. The van der Waals surface area contributed by atoms with E-state index in [9.17, 15) is 10.2 Å². The number of aromatic hydroxyl groups is 2. The van der Waals surface area contributed by atoms with Gasteiger partial charge in [0.1, 0.15) is 34.3 Å². The van der Waals surface area contributed by atoms with E-state index in [1.54, 1.807) is 38.5 Å². The molecule has 0 fully saturated rings. The minimum absolute atomic E-state index is 0.101. The van der Waals surface area contributed by atoms with Gasteiger partial charge < -0.3 is 29.4 Å². The summed E-state index contributed by atoms with van der Waals surface area (Å²) in [6, 6.07) is 8.19. The summed E-state index contributed by atoms with van der Waals surface area (Å²) in [6.07, 6.45) is 2.16. The van der Waals surface area contributed by atoms with Gasteiger partial charge in [0, 0.05) is 30.3 Å². The summed E-state index contributed by atoms with van der Waals surface area (Å²) in [7, 11) is 3.08. The zero-order valence-corrected chi connectivity index (χ0v) is 15.8. The van der Waals surface area contributed by atoms with Crippen LogP contribution in [0.25, 0.3) is 22.3 Å². The van der Waals surface area contributed by atoms with Gasteiger partial charge >= 0.3 is 0 Å². The number of furan rings is 1. The average Bonchev–Trinajstić information content (AvgIpc) is 3.03. The molecule has 0 aliphatic rings. The summed E-state index contributed by atoms with van der Waals surface area (Å²) in [4.78, 5) is 0. The molecule has 6 nitrogen and oxygen atoms in total. The van der Waals surface area contributed by atoms with Crippen molar-refractivity contribution in [1.29, 1.82) is 0 Å². The molecule has 0 saturated carbocycles. The molecule has 2 aromatic carbocycles. The van der Waals surface area contributed by atoms with Crippen molar-refractivity contribution in [2.24, 2.45) is 0 Å². The lowest BCUT2D eigenvalue weighted by atomic mass is 10.0. The zero-order chi connectivity index (χ0) is 19.4. The lowest BCUT2D eigenvalue weighted by Crippen LogP contribution is -2.14. The Labute approximate surface area is 158 Å². The van der Waals surface area contributed by atoms with Crippen LogP contribution >= 0.6 is 0 Å². The molecular formula is C21H25NO5. The summed E-state index contributed by atoms with van der Waals surface area (Å²) in [5.74, 6) is 1.82. The van der Waals surface area contributed by atoms with Crippen LogP contribution in [0, 0.1) is 0 Å². The van der Waals surface area contributed by atoms with E-state index in [-0.39, 0.29) is 11.5 Å². The standard InChI is InChI=1S/C21H25NO5/c1-4-5-8-22-12-16-20-17(24)10-14(25-2)11-19(20)27-21(16)15-7-6-13(23)9-18(15)26-3/h6-7,9-11,22-24H,4-5,8,12H2,1-3H3. The van der Waals surface area contributed by atoms with Crippen molar-refractivity contribution in [3.63, 3.8) is 0 Å². The van der Waals surface area contributed by atoms with Gasteiger partial charge in [0.05, 0.1) is 25.2 Å². The number of phenolic OH excluding ortho intramolecular Hbond substituents is 2. The van der Waals surface area contributed by atoms with Crippen molar-refractivity contribution in [1.82, 2.24) is 5.32 Å². The molecule has 0 amide bonds. The highest BCUT2D eigenvalue weighted by atomic mass is 16.5. The lowest BCUT2D eigenvalue weighted by molar-refractivity contribution is 0.407. The molecule has 0 radical (unpaired) electrons. The summed E-state index contributed by atoms with van der Waals surface area (Å²) in [6.45, 7) is 3.54. The fraction of sp³-hybridized carbons (Fsp3) is 0.333. The Morgan fingerprint density at radius 3 is 2.59 bits per heavy atom. The van der Waals surface area contributed by atoms with Crippen molar-refractivity contribution in [2.45, 2.75) is 26.3 Å². The van der Waals surface area contributed by atoms with E-state index in [1.165, 1.54) is 6.07 Å². The predicted molar refractivity (Wildman–Crippen MR) is 105 cm³/mol. The molecule has 0 atom stereocenters. The number of hydrogen-bond acceptors (Lipinski definition) is 6. The van der Waals surface area contributed by atoms with Crippen molar-refractivity contribution in [2.75, 3.05) is 20.8 Å². The van der Waals surface area contributed by atoms with Gasteiger partial charge in [0.15, 0.2) is 0 Å². The number of ether oxygens (including phenoxy) is 2. The van der Waals surface area contributed by atoms with Crippen LogP contribution in [0.2, 0.25) is 0 Å². The smallest absolute Gasteiger partial charge is 0.143 e. The number of benzene rings is 2. The molecule has 3 rings (SSSR count). The number of phenols is 2. The zero-order valence-electron chi connectivity index (χ0n) is 15.8. The van der Waals surface area contributed by atoms with Crippen LogP contribution in [0.3, 0.4) is 0 Å². The van der Waals surface area contributed by atoms with Crippen LogP contribution in [0.4, 0.5) is 0 Å². The predicted octanol–water partition coefficient (Wildman–Crippen LogP) is 4.42. The first-order valence-electron chi connectivity index (χ1n) is 8.99. The Hall–Kier alpha value is -2.86. The molecule has 144 valence electrons. The van der Waals surface area contributed by atoms with Crippen molar-refractivity contribution >= 4 is 11.0 Å². The summed E-state index contributed by atoms with van der Waals surface area (Å²) in [5, 5.41) is 24.4. The molecule has 1 heterocycles. The molecule has 0 aliphatic carbocycles. The van der Waals surface area contributed by atoms with E-state index in [2.05, 4.69) is 12.2 Å². The third-order valence-electron chi connectivity index (χ3n) is 4.52. The summed E-state index contributed by atoms with van der Waals surface area (Å²) >= 11 is 0. The minimum atomic E-state index is 0.101. The highest BCUT2D eigenvalue weighted by molar-refractivity contribution is 5.94. The molecule has 0 unspecified atom stereocenters. The third-order valence-corrected chi connectivity index (χ3v) is 4.52. The Morgan fingerprint density at radius 2 is 1.89 bits per heavy atom. The second-order valence-electron chi connectivity index (χ2n) is 6.34. The fourth-order valence-corrected chi connectivity index (χ4v) is 3.13. The molecule has 3 aromatic rings. The monoisotopic (exact) mass is 371 g/mol. The van der Waals surface area contributed by atoms with Crippen LogP contribution in [0.15, 0.2) is 34.7 Å². The summed E-state index contributed by atoms with van der Waals surface area (Å²) in [5.41, 5.74) is 2.08. The van der Waals surface area contributed by atoms with Gasteiger partial charge in [-0.2, -0.15) is 0 Å². The molecule has 1 aromatic heterocycles. The number of fused-ring (bicyclic) bond motifs is 1. The number of hydrogen-bond donors (Lipinski definition) is 3. The Bertz CT molecular complexity index is 932. The van der Waals surface area contributed by atoms with Gasteiger partial charge in [-0.05, 0) is 25.1 Å². The van der Waals surface area contributed by atoms with Crippen molar-refractivity contribution < 1.29 is 24.1 Å². The van der Waals surface area contributed by atoms with Crippen molar-refractivity contribution in [3.05, 3.63) is 35.9 Å². The quantitative estimate of drug-likeness (QED) is 0.509. The van der Waals surface area contributed by atoms with Gasteiger partial charge in [-0.3, -0.25) is 0 Å². The first-order chi connectivity index (χ1) is 13.1. The molecule has 0 saturated heterocycles. The van der Waals surface area contributed by atoms with Crippen LogP contribution in [-0.4, -0.2) is 31.0 Å². The summed E-state index contributed by atoms with van der Waals surface area (Å²) < 4.78 is 16.8. The molecule has 0 spiro atoms. The third kappa shape index (κ3) is 3.80.